The van der Waals surface area contributed by atoms with Crippen molar-refractivity contribution in [2.75, 3.05) is 7.05 Å². The van der Waals surface area contributed by atoms with Gasteiger partial charge in [0, 0.05) is 13.1 Å². The number of carbonyl (C=O) groups is 1. The molecule has 0 bridgehead atoms. The summed E-state index contributed by atoms with van der Waals surface area (Å²) in [5, 5.41) is 5.93. The van der Waals surface area contributed by atoms with Crippen molar-refractivity contribution in [3.8, 4) is 0 Å². The van der Waals surface area contributed by atoms with Crippen LogP contribution in [0.15, 0.2) is 18.2 Å². The molecular formula is C14H22N2O. The van der Waals surface area contributed by atoms with Gasteiger partial charge in [-0.25, -0.2) is 0 Å². The number of benzene rings is 1. The SMILES string of the molecule is CNC(=O)C(C)NC(C)c1cc(C)cc(C)c1. The van der Waals surface area contributed by atoms with Gasteiger partial charge in [0.15, 0.2) is 0 Å². The number of likely N-dealkylation sites (N-methyl/N-ethyl adjacent to an activating group) is 1. The number of amides is 1. The zero-order valence-corrected chi connectivity index (χ0v) is 11.3. The summed E-state index contributed by atoms with van der Waals surface area (Å²) in [7, 11) is 1.65. The third-order valence-electron chi connectivity index (χ3n) is 2.88. The second-order valence-corrected chi connectivity index (χ2v) is 4.65. The van der Waals surface area contributed by atoms with E-state index in [-0.39, 0.29) is 18.0 Å². The van der Waals surface area contributed by atoms with Crippen molar-refractivity contribution < 1.29 is 4.79 Å². The van der Waals surface area contributed by atoms with Crippen molar-refractivity contribution >= 4 is 5.91 Å². The smallest absolute Gasteiger partial charge is 0.236 e. The Kier molecular flexibility index (Phi) is 4.70. The molecule has 0 aliphatic heterocycles. The Hall–Kier alpha value is -1.35. The molecule has 0 aliphatic rings. The Morgan fingerprint density at radius 3 is 2.12 bits per heavy atom. The fourth-order valence-electron chi connectivity index (χ4n) is 2.02. The molecule has 0 spiro atoms. The van der Waals surface area contributed by atoms with Gasteiger partial charge in [0.1, 0.15) is 0 Å². The summed E-state index contributed by atoms with van der Waals surface area (Å²) in [6.45, 7) is 8.13. The maximum absolute atomic E-state index is 11.4. The lowest BCUT2D eigenvalue weighted by molar-refractivity contribution is -0.122. The molecule has 0 radical (unpaired) electrons. The monoisotopic (exact) mass is 234 g/mol. The molecule has 94 valence electrons. The van der Waals surface area contributed by atoms with Gasteiger partial charge in [0.2, 0.25) is 5.91 Å². The Morgan fingerprint density at radius 2 is 1.65 bits per heavy atom. The van der Waals surface area contributed by atoms with Crippen LogP contribution in [0.2, 0.25) is 0 Å². The van der Waals surface area contributed by atoms with Crippen molar-refractivity contribution in [3.05, 3.63) is 34.9 Å². The highest BCUT2D eigenvalue weighted by molar-refractivity contribution is 5.80. The van der Waals surface area contributed by atoms with E-state index in [0.29, 0.717) is 0 Å². The van der Waals surface area contributed by atoms with Crippen LogP contribution in [0.3, 0.4) is 0 Å². The van der Waals surface area contributed by atoms with Crippen LogP contribution in [0.25, 0.3) is 0 Å². The lowest BCUT2D eigenvalue weighted by Gasteiger charge is -2.20. The van der Waals surface area contributed by atoms with E-state index in [1.165, 1.54) is 16.7 Å². The lowest BCUT2D eigenvalue weighted by Crippen LogP contribution is -2.41. The van der Waals surface area contributed by atoms with E-state index in [4.69, 9.17) is 0 Å². The van der Waals surface area contributed by atoms with E-state index in [1.54, 1.807) is 7.05 Å². The molecule has 3 nitrogen and oxygen atoms in total. The summed E-state index contributed by atoms with van der Waals surface area (Å²) in [4.78, 5) is 11.4. The van der Waals surface area contributed by atoms with Gasteiger partial charge in [-0.15, -0.1) is 0 Å². The molecule has 0 heterocycles. The first-order valence-corrected chi connectivity index (χ1v) is 6.00. The second-order valence-electron chi connectivity index (χ2n) is 4.65. The molecule has 1 aromatic rings. The minimum absolute atomic E-state index is 0.0150. The van der Waals surface area contributed by atoms with Gasteiger partial charge in [0.25, 0.3) is 0 Å². The predicted octanol–water partition coefficient (Wildman–Crippen LogP) is 2.09. The first-order chi connectivity index (χ1) is 7.93. The minimum atomic E-state index is -0.184. The number of hydrogen-bond acceptors (Lipinski definition) is 2. The van der Waals surface area contributed by atoms with E-state index in [9.17, 15) is 4.79 Å². The van der Waals surface area contributed by atoms with Crippen molar-refractivity contribution in [1.29, 1.82) is 0 Å². The summed E-state index contributed by atoms with van der Waals surface area (Å²) in [5.74, 6) is 0.0150. The molecule has 17 heavy (non-hydrogen) atoms. The molecule has 1 rings (SSSR count). The zero-order chi connectivity index (χ0) is 13.0. The van der Waals surface area contributed by atoms with Crippen LogP contribution >= 0.6 is 0 Å². The van der Waals surface area contributed by atoms with E-state index < -0.39 is 0 Å². The number of carbonyl (C=O) groups excluding carboxylic acids is 1. The van der Waals surface area contributed by atoms with Crippen LogP contribution in [0, 0.1) is 13.8 Å². The molecule has 2 atom stereocenters. The molecule has 3 heteroatoms. The maximum atomic E-state index is 11.4. The average molecular weight is 234 g/mol. The average Bonchev–Trinajstić information content (AvgIpc) is 2.26. The second kappa shape index (κ2) is 5.82. The van der Waals surface area contributed by atoms with Crippen molar-refractivity contribution in [2.24, 2.45) is 0 Å². The van der Waals surface area contributed by atoms with Gasteiger partial charge >= 0.3 is 0 Å². The fourth-order valence-corrected chi connectivity index (χ4v) is 2.02. The van der Waals surface area contributed by atoms with E-state index >= 15 is 0 Å². The predicted molar refractivity (Wildman–Crippen MR) is 71.0 cm³/mol. The summed E-state index contributed by atoms with van der Waals surface area (Å²) < 4.78 is 0. The quantitative estimate of drug-likeness (QED) is 0.837. The molecule has 0 aromatic heterocycles. The largest absolute Gasteiger partial charge is 0.358 e. The highest BCUT2D eigenvalue weighted by atomic mass is 16.2. The lowest BCUT2D eigenvalue weighted by atomic mass is 10.0. The Balaban J connectivity index is 2.75. The maximum Gasteiger partial charge on any atom is 0.236 e. The summed E-state index contributed by atoms with van der Waals surface area (Å²) >= 11 is 0. The first kappa shape index (κ1) is 13.7. The van der Waals surface area contributed by atoms with E-state index in [1.807, 2.05) is 6.92 Å². The Bertz CT molecular complexity index is 381. The zero-order valence-electron chi connectivity index (χ0n) is 11.3. The molecule has 0 saturated heterocycles. The molecule has 1 amide bonds. The number of rotatable bonds is 4. The first-order valence-electron chi connectivity index (χ1n) is 6.00. The number of nitrogens with one attached hydrogen (secondary N) is 2. The molecule has 0 saturated carbocycles. The van der Waals surface area contributed by atoms with Crippen molar-refractivity contribution in [2.45, 2.75) is 39.8 Å². The highest BCUT2D eigenvalue weighted by Gasteiger charge is 2.14. The van der Waals surface area contributed by atoms with Gasteiger partial charge in [0.05, 0.1) is 6.04 Å². The van der Waals surface area contributed by atoms with Crippen LogP contribution in [-0.2, 0) is 4.79 Å². The van der Waals surface area contributed by atoms with Gasteiger partial charge in [-0.3, -0.25) is 10.1 Å². The van der Waals surface area contributed by atoms with Crippen LogP contribution in [0.4, 0.5) is 0 Å². The molecule has 2 N–H and O–H groups in total. The van der Waals surface area contributed by atoms with Crippen molar-refractivity contribution in [3.63, 3.8) is 0 Å². The topological polar surface area (TPSA) is 41.1 Å². The van der Waals surface area contributed by atoms with E-state index in [2.05, 4.69) is 49.6 Å². The fraction of sp³-hybridized carbons (Fsp3) is 0.500. The molecule has 1 aromatic carbocycles. The number of aryl methyl sites for hydroxylation is 2. The Labute approximate surface area is 104 Å². The number of hydrogen-bond donors (Lipinski definition) is 2. The third-order valence-corrected chi connectivity index (χ3v) is 2.88. The molecule has 0 aliphatic carbocycles. The standard InChI is InChI=1S/C14H22N2O/c1-9-6-10(2)8-13(7-9)11(3)16-12(4)14(17)15-5/h6-8,11-12,16H,1-5H3,(H,15,17). The summed E-state index contributed by atoms with van der Waals surface area (Å²) in [5.41, 5.74) is 3.72. The van der Waals surface area contributed by atoms with Gasteiger partial charge in [-0.1, -0.05) is 29.3 Å². The van der Waals surface area contributed by atoms with Crippen LogP contribution < -0.4 is 10.6 Å². The molecular weight excluding hydrogens is 212 g/mol. The van der Waals surface area contributed by atoms with E-state index in [0.717, 1.165) is 0 Å². The van der Waals surface area contributed by atoms with Crippen molar-refractivity contribution in [1.82, 2.24) is 10.6 Å². The normalized spacial score (nSPS) is 14.2. The highest BCUT2D eigenvalue weighted by Crippen LogP contribution is 2.17. The van der Waals surface area contributed by atoms with Crippen LogP contribution in [0.1, 0.15) is 36.6 Å². The molecule has 0 fully saturated rings. The van der Waals surface area contributed by atoms with Gasteiger partial charge < -0.3 is 5.32 Å². The third kappa shape index (κ3) is 3.86. The summed E-state index contributed by atoms with van der Waals surface area (Å²) in [6, 6.07) is 6.44. The Morgan fingerprint density at radius 1 is 1.12 bits per heavy atom. The molecule has 2 unspecified atom stereocenters. The minimum Gasteiger partial charge on any atom is -0.358 e. The van der Waals surface area contributed by atoms with Gasteiger partial charge in [-0.2, -0.15) is 0 Å². The van der Waals surface area contributed by atoms with Crippen LogP contribution in [0.5, 0.6) is 0 Å². The van der Waals surface area contributed by atoms with Gasteiger partial charge in [-0.05, 0) is 33.3 Å². The summed E-state index contributed by atoms with van der Waals surface area (Å²) in [6.07, 6.45) is 0. The van der Waals surface area contributed by atoms with Crippen LogP contribution in [-0.4, -0.2) is 19.0 Å².